The molecule has 4 heteroatoms. The van der Waals surface area contributed by atoms with Crippen LogP contribution < -0.4 is 5.56 Å². The number of fused-ring (bicyclic) bond motifs is 2. The van der Waals surface area contributed by atoms with Crippen molar-refractivity contribution >= 4 is 17.1 Å². The molecule has 0 radical (unpaired) electrons. The second kappa shape index (κ2) is 4.91. The molecule has 3 heterocycles. The van der Waals surface area contributed by atoms with Gasteiger partial charge in [0.05, 0.1) is 16.6 Å². The third-order valence-electron chi connectivity index (χ3n) is 4.03. The highest BCUT2D eigenvalue weighted by atomic mass is 16.1. The highest BCUT2D eigenvalue weighted by molar-refractivity contribution is 5.83. The van der Waals surface area contributed by atoms with Gasteiger partial charge in [-0.1, -0.05) is 17.7 Å². The van der Waals surface area contributed by atoms with Crippen molar-refractivity contribution in [3.8, 4) is 11.3 Å². The molecule has 1 aliphatic rings. The molecular weight excluding hydrogens is 274 g/mol. The van der Waals surface area contributed by atoms with Gasteiger partial charge in [0.1, 0.15) is 5.82 Å². The first kappa shape index (κ1) is 13.0. The van der Waals surface area contributed by atoms with Crippen molar-refractivity contribution < 1.29 is 0 Å². The molecule has 22 heavy (non-hydrogen) atoms. The van der Waals surface area contributed by atoms with Crippen molar-refractivity contribution in [2.24, 2.45) is 0 Å². The van der Waals surface area contributed by atoms with Crippen LogP contribution in [0.4, 0.5) is 0 Å². The van der Waals surface area contributed by atoms with Crippen LogP contribution in [0.2, 0.25) is 0 Å². The van der Waals surface area contributed by atoms with Gasteiger partial charge in [0.25, 0.3) is 5.56 Å². The monoisotopic (exact) mass is 289 g/mol. The average Bonchev–Trinajstić information content (AvgIpc) is 2.56. The van der Waals surface area contributed by atoms with Crippen LogP contribution in [0.3, 0.4) is 0 Å². The van der Waals surface area contributed by atoms with Gasteiger partial charge in [-0.2, -0.15) is 0 Å². The lowest BCUT2D eigenvalue weighted by atomic mass is 10.1. The van der Waals surface area contributed by atoms with Crippen LogP contribution in [0.25, 0.3) is 28.4 Å². The maximum atomic E-state index is 12.6. The molecule has 1 aliphatic heterocycles. The molecule has 0 aliphatic carbocycles. The lowest BCUT2D eigenvalue weighted by molar-refractivity contribution is 0.770. The number of rotatable bonds is 1. The van der Waals surface area contributed by atoms with Crippen LogP contribution in [-0.4, -0.2) is 14.5 Å². The van der Waals surface area contributed by atoms with E-state index in [2.05, 4.69) is 9.97 Å². The Morgan fingerprint density at radius 2 is 2.05 bits per heavy atom. The van der Waals surface area contributed by atoms with Crippen LogP contribution in [0, 0.1) is 0 Å². The minimum atomic E-state index is 0.00613. The zero-order valence-electron chi connectivity index (χ0n) is 12.3. The summed E-state index contributed by atoms with van der Waals surface area (Å²) in [6.45, 7) is 2.05. The minimum absolute atomic E-state index is 0.00613. The highest BCUT2D eigenvalue weighted by Gasteiger charge is 2.14. The van der Waals surface area contributed by atoms with Crippen molar-refractivity contribution in [2.75, 3.05) is 0 Å². The molecule has 0 unspecified atom stereocenters. The molecule has 0 fully saturated rings. The summed E-state index contributed by atoms with van der Waals surface area (Å²) in [6, 6.07) is 11.5. The first-order valence-electron chi connectivity index (χ1n) is 7.36. The van der Waals surface area contributed by atoms with Gasteiger partial charge in [-0.25, -0.2) is 4.98 Å². The van der Waals surface area contributed by atoms with Crippen LogP contribution in [0.5, 0.6) is 0 Å². The van der Waals surface area contributed by atoms with Crippen molar-refractivity contribution in [3.05, 3.63) is 64.3 Å². The van der Waals surface area contributed by atoms with Crippen molar-refractivity contribution in [2.45, 2.75) is 19.8 Å². The molecule has 3 aromatic rings. The first-order chi connectivity index (χ1) is 10.7. The van der Waals surface area contributed by atoms with E-state index in [1.165, 1.54) is 5.57 Å². The Labute approximate surface area is 127 Å². The number of pyridine rings is 1. The molecule has 0 atom stereocenters. The number of nitrogens with zero attached hydrogens (tertiary/aromatic N) is 3. The molecule has 0 bridgehead atoms. The zero-order valence-corrected chi connectivity index (χ0v) is 12.3. The predicted molar refractivity (Wildman–Crippen MR) is 87.5 cm³/mol. The lowest BCUT2D eigenvalue weighted by Gasteiger charge is -2.16. The minimum Gasteiger partial charge on any atom is -0.271 e. The molecule has 0 amide bonds. The lowest BCUT2D eigenvalue weighted by Crippen LogP contribution is -2.24. The number of aromatic nitrogens is 3. The molecule has 0 saturated heterocycles. The number of aryl methyl sites for hydroxylation is 1. The van der Waals surface area contributed by atoms with Crippen LogP contribution in [-0.2, 0) is 6.42 Å². The summed E-state index contributed by atoms with van der Waals surface area (Å²) in [5.74, 6) is 0.835. The topological polar surface area (TPSA) is 47.8 Å². The summed E-state index contributed by atoms with van der Waals surface area (Å²) < 4.78 is 1.68. The highest BCUT2D eigenvalue weighted by Crippen LogP contribution is 2.22. The standard InChI is InChI=1S/C18H15N3O/c1-12-5-8-17-20-16-10-13(15-4-2-3-9-19-15)6-7-14(16)18(22)21(17)11-12/h2-4,6-7,9-11H,5,8H2,1H3. The van der Waals surface area contributed by atoms with E-state index < -0.39 is 0 Å². The normalized spacial score (nSPS) is 13.8. The maximum absolute atomic E-state index is 12.6. The van der Waals surface area contributed by atoms with Gasteiger partial charge in [0.15, 0.2) is 0 Å². The maximum Gasteiger partial charge on any atom is 0.265 e. The Morgan fingerprint density at radius 1 is 1.14 bits per heavy atom. The summed E-state index contributed by atoms with van der Waals surface area (Å²) in [5, 5.41) is 0.648. The van der Waals surface area contributed by atoms with Gasteiger partial charge in [-0.3, -0.25) is 14.3 Å². The number of hydrogen-bond donors (Lipinski definition) is 0. The third-order valence-corrected chi connectivity index (χ3v) is 4.03. The van der Waals surface area contributed by atoms with E-state index >= 15 is 0 Å². The average molecular weight is 289 g/mol. The van der Waals surface area contributed by atoms with E-state index in [0.29, 0.717) is 5.39 Å². The van der Waals surface area contributed by atoms with Crippen molar-refractivity contribution in [1.82, 2.24) is 14.5 Å². The fraction of sp³-hybridized carbons (Fsp3) is 0.167. The molecule has 4 nitrogen and oxygen atoms in total. The quantitative estimate of drug-likeness (QED) is 0.691. The summed E-state index contributed by atoms with van der Waals surface area (Å²) in [5.41, 5.74) is 3.83. The van der Waals surface area contributed by atoms with E-state index in [4.69, 9.17) is 0 Å². The molecular formula is C18H15N3O. The van der Waals surface area contributed by atoms with Gasteiger partial charge in [-0.15, -0.1) is 0 Å². The van der Waals surface area contributed by atoms with Crippen LogP contribution in [0.1, 0.15) is 19.2 Å². The number of benzene rings is 1. The van der Waals surface area contributed by atoms with Crippen molar-refractivity contribution in [3.63, 3.8) is 0 Å². The zero-order chi connectivity index (χ0) is 15.1. The van der Waals surface area contributed by atoms with Crippen LogP contribution in [0.15, 0.2) is 53.0 Å². The Hall–Kier alpha value is -2.75. The SMILES string of the molecule is CC1=Cn2c(nc3cc(-c4ccccn4)ccc3c2=O)CC1. The Morgan fingerprint density at radius 3 is 2.86 bits per heavy atom. The Balaban J connectivity index is 1.96. The van der Waals surface area contributed by atoms with E-state index in [-0.39, 0.29) is 5.56 Å². The van der Waals surface area contributed by atoms with E-state index in [1.54, 1.807) is 10.8 Å². The summed E-state index contributed by atoms with van der Waals surface area (Å²) >= 11 is 0. The van der Waals surface area contributed by atoms with E-state index in [0.717, 1.165) is 35.4 Å². The largest absolute Gasteiger partial charge is 0.271 e. The fourth-order valence-electron chi connectivity index (χ4n) is 2.84. The molecule has 0 spiro atoms. The molecule has 0 N–H and O–H groups in total. The van der Waals surface area contributed by atoms with Gasteiger partial charge in [0.2, 0.25) is 0 Å². The fourth-order valence-corrected chi connectivity index (χ4v) is 2.84. The Bertz CT molecular complexity index is 955. The van der Waals surface area contributed by atoms with Crippen LogP contribution >= 0.6 is 0 Å². The van der Waals surface area contributed by atoms with Gasteiger partial charge < -0.3 is 0 Å². The smallest absolute Gasteiger partial charge is 0.265 e. The summed E-state index contributed by atoms with van der Waals surface area (Å²) in [6.07, 6.45) is 5.43. The number of hydrogen-bond acceptors (Lipinski definition) is 3. The van der Waals surface area contributed by atoms with Gasteiger partial charge in [0, 0.05) is 24.4 Å². The predicted octanol–water partition coefficient (Wildman–Crippen LogP) is 3.27. The first-order valence-corrected chi connectivity index (χ1v) is 7.36. The van der Waals surface area contributed by atoms with Gasteiger partial charge >= 0.3 is 0 Å². The summed E-state index contributed by atoms with van der Waals surface area (Å²) in [7, 11) is 0. The summed E-state index contributed by atoms with van der Waals surface area (Å²) in [4.78, 5) is 21.7. The van der Waals surface area contributed by atoms with Crippen molar-refractivity contribution in [1.29, 1.82) is 0 Å². The second-order valence-corrected chi connectivity index (χ2v) is 5.63. The molecule has 2 aromatic heterocycles. The van der Waals surface area contributed by atoms with Gasteiger partial charge in [-0.05, 0) is 37.6 Å². The second-order valence-electron chi connectivity index (χ2n) is 5.63. The number of allylic oxidation sites excluding steroid dienone is 1. The molecule has 4 rings (SSSR count). The Kier molecular flexibility index (Phi) is 2.89. The van der Waals surface area contributed by atoms with E-state index in [9.17, 15) is 4.79 Å². The molecule has 0 saturated carbocycles. The van der Waals surface area contributed by atoms with E-state index in [1.807, 2.05) is 49.5 Å². The third kappa shape index (κ3) is 2.04. The molecule has 1 aromatic carbocycles. The molecule has 108 valence electrons.